The van der Waals surface area contributed by atoms with Crippen molar-refractivity contribution in [2.45, 2.75) is 66.9 Å². The Morgan fingerprint density at radius 3 is 1.78 bits per heavy atom. The lowest BCUT2D eigenvalue weighted by Gasteiger charge is -2.04. The van der Waals surface area contributed by atoms with Crippen LogP contribution < -0.4 is 0 Å². The van der Waals surface area contributed by atoms with Crippen molar-refractivity contribution in [3.05, 3.63) is 12.4 Å². The highest BCUT2D eigenvalue weighted by Gasteiger charge is 1.89. The van der Waals surface area contributed by atoms with E-state index in [4.69, 9.17) is 4.74 Å². The van der Waals surface area contributed by atoms with Gasteiger partial charge in [0.25, 0.3) is 0 Å². The van der Waals surface area contributed by atoms with Crippen molar-refractivity contribution in [1.82, 2.24) is 15.4 Å². The predicted octanol–water partition coefficient (Wildman–Crippen LogP) is 4.07. The number of rotatable bonds is 5. The lowest BCUT2D eigenvalue weighted by atomic mass is 10.2. The number of H-pyrrole nitrogens is 1. The molecule has 1 N–H and O–H groups in total. The van der Waals surface area contributed by atoms with Crippen LogP contribution in [0.15, 0.2) is 12.4 Å². The zero-order valence-corrected chi connectivity index (χ0v) is 12.9. The average Bonchev–Trinajstić information content (AvgIpc) is 2.88. The summed E-state index contributed by atoms with van der Waals surface area (Å²) in [5.41, 5.74) is 0. The van der Waals surface area contributed by atoms with Crippen molar-refractivity contribution in [3.8, 4) is 0 Å². The minimum atomic E-state index is 0.404. The SMILES string of the molecule is CCC(C)C.CCCCOC(C)C.c1cn[nH]n1. The van der Waals surface area contributed by atoms with Crippen LogP contribution >= 0.6 is 0 Å². The van der Waals surface area contributed by atoms with Crippen LogP contribution in [0.2, 0.25) is 0 Å². The number of aromatic nitrogens is 3. The first-order chi connectivity index (χ1) is 8.54. The molecule has 4 heteroatoms. The monoisotopic (exact) mass is 257 g/mol. The average molecular weight is 257 g/mol. The third-order valence-corrected chi connectivity index (χ3v) is 2.10. The summed E-state index contributed by atoms with van der Waals surface area (Å²) in [6.45, 7) is 13.9. The van der Waals surface area contributed by atoms with Crippen molar-refractivity contribution in [2.75, 3.05) is 6.61 Å². The van der Waals surface area contributed by atoms with Crippen molar-refractivity contribution in [1.29, 1.82) is 0 Å². The number of aromatic amines is 1. The summed E-state index contributed by atoms with van der Waals surface area (Å²) in [7, 11) is 0. The molecule has 0 aliphatic carbocycles. The third kappa shape index (κ3) is 24.4. The molecular formula is C14H31N3O. The van der Waals surface area contributed by atoms with Crippen LogP contribution in [-0.2, 0) is 4.74 Å². The third-order valence-electron chi connectivity index (χ3n) is 2.10. The van der Waals surface area contributed by atoms with Gasteiger partial charge < -0.3 is 4.74 Å². The Morgan fingerprint density at radius 1 is 1.06 bits per heavy atom. The number of unbranched alkanes of at least 4 members (excludes halogenated alkanes) is 1. The number of nitrogens with one attached hydrogen (secondary N) is 1. The van der Waals surface area contributed by atoms with Crippen LogP contribution in [0.3, 0.4) is 0 Å². The Bertz CT molecular complexity index is 194. The van der Waals surface area contributed by atoms with Crippen LogP contribution in [0.1, 0.15) is 60.8 Å². The van der Waals surface area contributed by atoms with Gasteiger partial charge in [0.2, 0.25) is 0 Å². The fraction of sp³-hybridized carbons (Fsp3) is 0.857. The Balaban J connectivity index is 0. The molecule has 4 nitrogen and oxygen atoms in total. The van der Waals surface area contributed by atoms with Crippen molar-refractivity contribution in [2.24, 2.45) is 5.92 Å². The zero-order chi connectivity index (χ0) is 14.2. The first kappa shape index (κ1) is 19.4. The molecule has 0 unspecified atom stereocenters. The molecule has 108 valence electrons. The fourth-order valence-corrected chi connectivity index (χ4v) is 0.630. The zero-order valence-electron chi connectivity index (χ0n) is 12.9. The van der Waals surface area contributed by atoms with Crippen LogP contribution in [-0.4, -0.2) is 28.1 Å². The fourth-order valence-electron chi connectivity index (χ4n) is 0.630. The minimum absolute atomic E-state index is 0.404. The maximum atomic E-state index is 5.28. The highest BCUT2D eigenvalue weighted by molar-refractivity contribution is 4.54. The lowest BCUT2D eigenvalue weighted by Crippen LogP contribution is -2.02. The van der Waals surface area contributed by atoms with E-state index in [0.717, 1.165) is 12.5 Å². The van der Waals surface area contributed by atoms with E-state index < -0.39 is 0 Å². The highest BCUT2D eigenvalue weighted by atomic mass is 16.5. The van der Waals surface area contributed by atoms with Gasteiger partial charge in [-0.2, -0.15) is 15.4 Å². The Morgan fingerprint density at radius 2 is 1.56 bits per heavy atom. The van der Waals surface area contributed by atoms with E-state index in [2.05, 4.69) is 57.0 Å². The predicted molar refractivity (Wildman–Crippen MR) is 77.5 cm³/mol. The van der Waals surface area contributed by atoms with Crippen LogP contribution in [0.4, 0.5) is 0 Å². The Labute approximate surface area is 113 Å². The van der Waals surface area contributed by atoms with Gasteiger partial charge in [0.1, 0.15) is 0 Å². The maximum absolute atomic E-state index is 5.28. The van der Waals surface area contributed by atoms with E-state index in [-0.39, 0.29) is 0 Å². The lowest BCUT2D eigenvalue weighted by molar-refractivity contribution is 0.0767. The van der Waals surface area contributed by atoms with E-state index >= 15 is 0 Å². The summed E-state index contributed by atoms with van der Waals surface area (Å²) >= 11 is 0. The van der Waals surface area contributed by atoms with Gasteiger partial charge in [-0.05, 0) is 26.2 Å². The minimum Gasteiger partial charge on any atom is -0.379 e. The normalized spacial score (nSPS) is 9.56. The summed E-state index contributed by atoms with van der Waals surface area (Å²) in [5, 5.41) is 9.33. The van der Waals surface area contributed by atoms with Gasteiger partial charge in [-0.25, -0.2) is 0 Å². The molecule has 0 radical (unpaired) electrons. The molecule has 0 aromatic carbocycles. The van der Waals surface area contributed by atoms with Gasteiger partial charge in [-0.3, -0.25) is 0 Å². The molecule has 0 aliphatic rings. The number of hydrogen-bond donors (Lipinski definition) is 1. The Hall–Kier alpha value is -0.900. The van der Waals surface area contributed by atoms with Crippen molar-refractivity contribution < 1.29 is 4.74 Å². The van der Waals surface area contributed by atoms with Crippen LogP contribution in [0.25, 0.3) is 0 Å². The molecule has 0 amide bonds. The topological polar surface area (TPSA) is 50.8 Å². The summed E-state index contributed by atoms with van der Waals surface area (Å²) in [5.74, 6) is 0.884. The number of ether oxygens (including phenoxy) is 1. The maximum Gasteiger partial charge on any atom is 0.0690 e. The van der Waals surface area contributed by atoms with Crippen molar-refractivity contribution in [3.63, 3.8) is 0 Å². The largest absolute Gasteiger partial charge is 0.379 e. The summed E-state index contributed by atoms with van der Waals surface area (Å²) < 4.78 is 5.28. The summed E-state index contributed by atoms with van der Waals surface area (Å²) in [6.07, 6.45) is 7.30. The summed E-state index contributed by atoms with van der Waals surface area (Å²) in [6, 6.07) is 0. The van der Waals surface area contributed by atoms with Gasteiger partial charge in [0, 0.05) is 6.61 Å². The van der Waals surface area contributed by atoms with E-state index in [1.807, 2.05) is 0 Å². The summed E-state index contributed by atoms with van der Waals surface area (Å²) in [4.78, 5) is 0. The van der Waals surface area contributed by atoms with E-state index in [9.17, 15) is 0 Å². The second-order valence-corrected chi connectivity index (χ2v) is 4.73. The van der Waals surface area contributed by atoms with E-state index in [1.54, 1.807) is 12.4 Å². The smallest absolute Gasteiger partial charge is 0.0690 e. The second kappa shape index (κ2) is 16.1. The second-order valence-electron chi connectivity index (χ2n) is 4.73. The van der Waals surface area contributed by atoms with Gasteiger partial charge in [-0.15, -0.1) is 0 Å². The molecule has 0 saturated heterocycles. The molecule has 1 aromatic rings. The number of hydrogen-bond acceptors (Lipinski definition) is 3. The van der Waals surface area contributed by atoms with Gasteiger partial charge in [0.15, 0.2) is 0 Å². The molecule has 0 saturated carbocycles. The van der Waals surface area contributed by atoms with Crippen LogP contribution in [0.5, 0.6) is 0 Å². The van der Waals surface area contributed by atoms with Gasteiger partial charge in [-0.1, -0.05) is 40.5 Å². The molecule has 0 bridgehead atoms. The van der Waals surface area contributed by atoms with Crippen LogP contribution in [0, 0.1) is 5.92 Å². The highest BCUT2D eigenvalue weighted by Crippen LogP contribution is 1.94. The van der Waals surface area contributed by atoms with E-state index in [1.165, 1.54) is 19.3 Å². The van der Waals surface area contributed by atoms with E-state index in [0.29, 0.717) is 6.10 Å². The van der Waals surface area contributed by atoms with Gasteiger partial charge in [0.05, 0.1) is 18.5 Å². The van der Waals surface area contributed by atoms with Gasteiger partial charge >= 0.3 is 0 Å². The molecule has 0 aliphatic heterocycles. The number of nitrogens with zero attached hydrogens (tertiary/aromatic N) is 2. The molecule has 1 rings (SSSR count). The molecule has 18 heavy (non-hydrogen) atoms. The molecule has 0 fully saturated rings. The first-order valence-electron chi connectivity index (χ1n) is 6.95. The first-order valence-corrected chi connectivity index (χ1v) is 6.95. The molecule has 1 aromatic heterocycles. The molecular weight excluding hydrogens is 226 g/mol. The standard InChI is InChI=1S/C7H16O.C5H12.C2H3N3/c1-4-5-6-8-7(2)3;1-4-5(2)3;1-2-4-5-3-1/h7H,4-6H2,1-3H3;5H,4H2,1-3H3;1-2H,(H,3,4,5). The Kier molecular flexibility index (Phi) is 17.4. The molecule has 1 heterocycles. The van der Waals surface area contributed by atoms with Crippen molar-refractivity contribution >= 4 is 0 Å². The molecule has 0 atom stereocenters. The quantitative estimate of drug-likeness (QED) is 0.809. The molecule has 0 spiro atoms.